The molecule has 10 heteroatoms. The molecule has 0 N–H and O–H groups in total. The summed E-state index contributed by atoms with van der Waals surface area (Å²) >= 11 is 0. The molecule has 0 radical (unpaired) electrons. The predicted octanol–water partition coefficient (Wildman–Crippen LogP) is 1.60. The van der Waals surface area contributed by atoms with Gasteiger partial charge in [0, 0.05) is 26.2 Å². The van der Waals surface area contributed by atoms with Crippen molar-refractivity contribution in [2.45, 2.75) is 23.9 Å². The van der Waals surface area contributed by atoms with E-state index in [4.69, 9.17) is 0 Å². The van der Waals surface area contributed by atoms with Crippen molar-refractivity contribution in [1.29, 1.82) is 0 Å². The summed E-state index contributed by atoms with van der Waals surface area (Å²) in [5, 5.41) is 0. The number of sulfonamides is 1. The fraction of sp³-hybridized carbons (Fsp3) is 0.333. The number of hydrogen-bond donors (Lipinski definition) is 0. The van der Waals surface area contributed by atoms with Gasteiger partial charge in [0.05, 0.1) is 4.90 Å². The van der Waals surface area contributed by atoms with Gasteiger partial charge in [-0.25, -0.2) is 17.2 Å². The molecule has 0 spiro atoms. The molecule has 2 saturated heterocycles. The highest BCUT2D eigenvalue weighted by molar-refractivity contribution is 7.89. The SMILES string of the molecule is O=C1C2CN(S(=O)(=O)c3ccc(F)cc3)CCCN2C(=O)CN1Cc1ccc(F)cc1. The minimum Gasteiger partial charge on any atom is -0.328 e. The number of benzene rings is 2. The van der Waals surface area contributed by atoms with Gasteiger partial charge in [-0.1, -0.05) is 12.1 Å². The van der Waals surface area contributed by atoms with Crippen molar-refractivity contribution in [1.82, 2.24) is 14.1 Å². The highest BCUT2D eigenvalue weighted by Crippen LogP contribution is 2.24. The van der Waals surface area contributed by atoms with Gasteiger partial charge < -0.3 is 9.80 Å². The molecular weight excluding hydrogens is 428 g/mol. The van der Waals surface area contributed by atoms with Crippen LogP contribution in [-0.2, 0) is 26.2 Å². The summed E-state index contributed by atoms with van der Waals surface area (Å²) < 4.78 is 53.7. The number of halogens is 2. The van der Waals surface area contributed by atoms with Gasteiger partial charge in [-0.2, -0.15) is 4.31 Å². The number of piperazine rings is 1. The zero-order valence-corrected chi connectivity index (χ0v) is 17.4. The van der Waals surface area contributed by atoms with Crippen LogP contribution in [0.3, 0.4) is 0 Å². The number of rotatable bonds is 4. The van der Waals surface area contributed by atoms with E-state index in [0.29, 0.717) is 12.0 Å². The monoisotopic (exact) mass is 449 g/mol. The maximum atomic E-state index is 13.2. The molecule has 164 valence electrons. The van der Waals surface area contributed by atoms with Crippen LogP contribution < -0.4 is 0 Å². The van der Waals surface area contributed by atoms with E-state index in [-0.39, 0.29) is 49.4 Å². The smallest absolute Gasteiger partial charge is 0.247 e. The summed E-state index contributed by atoms with van der Waals surface area (Å²) in [6.45, 7) is 0.252. The van der Waals surface area contributed by atoms with Crippen molar-refractivity contribution in [3.8, 4) is 0 Å². The third-order valence-corrected chi connectivity index (χ3v) is 7.42. The Morgan fingerprint density at radius 1 is 0.903 bits per heavy atom. The average Bonchev–Trinajstić information content (AvgIpc) is 2.98. The second-order valence-electron chi connectivity index (χ2n) is 7.59. The lowest BCUT2D eigenvalue weighted by Gasteiger charge is -2.40. The third-order valence-electron chi connectivity index (χ3n) is 5.54. The van der Waals surface area contributed by atoms with E-state index >= 15 is 0 Å². The lowest BCUT2D eigenvalue weighted by Crippen LogP contribution is -2.61. The van der Waals surface area contributed by atoms with Crippen LogP contribution in [0.4, 0.5) is 8.78 Å². The van der Waals surface area contributed by atoms with Gasteiger partial charge in [0.15, 0.2) is 0 Å². The van der Waals surface area contributed by atoms with E-state index in [1.165, 1.54) is 50.5 Å². The van der Waals surface area contributed by atoms with Gasteiger partial charge in [-0.3, -0.25) is 9.59 Å². The zero-order chi connectivity index (χ0) is 22.2. The summed E-state index contributed by atoms with van der Waals surface area (Å²) in [6, 6.07) is 9.19. The molecule has 2 heterocycles. The van der Waals surface area contributed by atoms with E-state index in [1.54, 1.807) is 0 Å². The van der Waals surface area contributed by atoms with Crippen molar-refractivity contribution in [2.24, 2.45) is 0 Å². The Kier molecular flexibility index (Phi) is 5.76. The molecule has 0 aliphatic carbocycles. The van der Waals surface area contributed by atoms with Crippen LogP contribution in [0.5, 0.6) is 0 Å². The largest absolute Gasteiger partial charge is 0.328 e. The molecule has 2 aromatic rings. The summed E-state index contributed by atoms with van der Waals surface area (Å²) in [5.41, 5.74) is 0.667. The van der Waals surface area contributed by atoms with Gasteiger partial charge in [0.25, 0.3) is 0 Å². The number of nitrogens with zero attached hydrogens (tertiary/aromatic N) is 3. The van der Waals surface area contributed by atoms with Gasteiger partial charge in [0.1, 0.15) is 24.2 Å². The van der Waals surface area contributed by atoms with Gasteiger partial charge in [-0.15, -0.1) is 0 Å². The summed E-state index contributed by atoms with van der Waals surface area (Å²) in [7, 11) is -3.96. The summed E-state index contributed by atoms with van der Waals surface area (Å²) in [5.74, 6) is -1.57. The highest BCUT2D eigenvalue weighted by Gasteiger charge is 2.43. The molecule has 2 amide bonds. The molecule has 2 aliphatic rings. The van der Waals surface area contributed by atoms with E-state index in [9.17, 15) is 26.8 Å². The quantitative estimate of drug-likeness (QED) is 0.711. The molecule has 7 nitrogen and oxygen atoms in total. The lowest BCUT2D eigenvalue weighted by atomic mass is 10.1. The molecule has 4 rings (SSSR count). The number of fused-ring (bicyclic) bond motifs is 1. The summed E-state index contributed by atoms with van der Waals surface area (Å²) in [4.78, 5) is 28.6. The molecule has 0 aromatic heterocycles. The number of hydrogen-bond acceptors (Lipinski definition) is 4. The van der Waals surface area contributed by atoms with Crippen molar-refractivity contribution in [3.05, 3.63) is 65.7 Å². The fourth-order valence-electron chi connectivity index (χ4n) is 3.93. The third kappa shape index (κ3) is 4.31. The normalized spacial score (nSPS) is 20.5. The van der Waals surface area contributed by atoms with Gasteiger partial charge in [0.2, 0.25) is 21.8 Å². The van der Waals surface area contributed by atoms with Crippen LogP contribution in [0.25, 0.3) is 0 Å². The van der Waals surface area contributed by atoms with Crippen LogP contribution >= 0.6 is 0 Å². The van der Waals surface area contributed by atoms with Crippen LogP contribution in [0.2, 0.25) is 0 Å². The minimum absolute atomic E-state index is 0.0693. The Hall–Kier alpha value is -2.85. The maximum Gasteiger partial charge on any atom is 0.247 e. The van der Waals surface area contributed by atoms with E-state index in [2.05, 4.69) is 0 Å². The number of carbonyl (C=O) groups excluding carboxylic acids is 2. The first-order valence-electron chi connectivity index (χ1n) is 9.84. The van der Waals surface area contributed by atoms with E-state index in [0.717, 1.165) is 12.1 Å². The molecule has 31 heavy (non-hydrogen) atoms. The second kappa shape index (κ2) is 8.35. The van der Waals surface area contributed by atoms with Crippen molar-refractivity contribution in [2.75, 3.05) is 26.2 Å². The van der Waals surface area contributed by atoms with Crippen LogP contribution in [0.1, 0.15) is 12.0 Å². The molecule has 2 aromatic carbocycles. The Balaban J connectivity index is 1.57. The van der Waals surface area contributed by atoms with Crippen LogP contribution in [-0.4, -0.2) is 66.6 Å². The Morgan fingerprint density at radius 3 is 2.16 bits per heavy atom. The zero-order valence-electron chi connectivity index (χ0n) is 16.6. The predicted molar refractivity (Wildman–Crippen MR) is 107 cm³/mol. The van der Waals surface area contributed by atoms with Crippen LogP contribution in [0.15, 0.2) is 53.4 Å². The number of amides is 2. The first kappa shape index (κ1) is 21.4. The minimum atomic E-state index is -3.96. The first-order valence-corrected chi connectivity index (χ1v) is 11.3. The van der Waals surface area contributed by atoms with Gasteiger partial charge >= 0.3 is 0 Å². The van der Waals surface area contributed by atoms with Crippen molar-refractivity contribution >= 4 is 21.8 Å². The molecule has 2 fully saturated rings. The van der Waals surface area contributed by atoms with Crippen molar-refractivity contribution < 1.29 is 26.8 Å². The topological polar surface area (TPSA) is 78.0 Å². The fourth-order valence-corrected chi connectivity index (χ4v) is 5.41. The first-order chi connectivity index (χ1) is 14.8. The highest BCUT2D eigenvalue weighted by atomic mass is 32.2. The lowest BCUT2D eigenvalue weighted by molar-refractivity contribution is -0.156. The number of carbonyl (C=O) groups is 2. The molecule has 0 bridgehead atoms. The second-order valence-corrected chi connectivity index (χ2v) is 9.53. The Morgan fingerprint density at radius 2 is 1.52 bits per heavy atom. The molecule has 1 atom stereocenters. The van der Waals surface area contributed by atoms with E-state index in [1.807, 2.05) is 0 Å². The molecular formula is C21H21F2N3O4S. The molecule has 1 unspecified atom stereocenters. The molecule has 0 saturated carbocycles. The summed E-state index contributed by atoms with van der Waals surface area (Å²) in [6.07, 6.45) is 0.383. The standard InChI is InChI=1S/C21H21F2N3O4S/c22-16-4-2-15(3-5-16)12-24-14-20(27)26-11-1-10-25(13-19(26)21(24)28)31(29,30)18-8-6-17(23)7-9-18/h2-9,19H,1,10-14H2. The Bertz CT molecular complexity index is 1090. The molecule has 2 aliphatic heterocycles. The van der Waals surface area contributed by atoms with E-state index < -0.39 is 27.7 Å². The average molecular weight is 449 g/mol. The van der Waals surface area contributed by atoms with Crippen LogP contribution in [0, 0.1) is 11.6 Å². The maximum absolute atomic E-state index is 13.2. The van der Waals surface area contributed by atoms with Gasteiger partial charge in [-0.05, 0) is 48.4 Å². The Labute approximate surface area is 178 Å². The van der Waals surface area contributed by atoms with Crippen molar-refractivity contribution in [3.63, 3.8) is 0 Å².